The van der Waals surface area contributed by atoms with E-state index in [1.54, 1.807) is 18.2 Å². The highest BCUT2D eigenvalue weighted by Gasteiger charge is 2.54. The molecule has 0 unspecified atom stereocenters. The lowest BCUT2D eigenvalue weighted by molar-refractivity contribution is 0.320. The zero-order chi connectivity index (χ0) is 17.3. The van der Waals surface area contributed by atoms with E-state index in [1.807, 2.05) is 24.3 Å². The molecule has 0 saturated carbocycles. The fraction of sp³-hybridized carbons (Fsp3) is 0.278. The van der Waals surface area contributed by atoms with E-state index in [0.29, 0.717) is 18.7 Å². The molecular weight excluding hydrogens is 305 g/mol. The molecule has 0 spiro atoms. The van der Waals surface area contributed by atoms with Gasteiger partial charge in [0.2, 0.25) is 0 Å². The van der Waals surface area contributed by atoms with Crippen LogP contribution >= 0.6 is 0 Å². The van der Waals surface area contributed by atoms with Gasteiger partial charge < -0.3 is 11.1 Å². The van der Waals surface area contributed by atoms with Crippen LogP contribution in [0.25, 0.3) is 0 Å². The van der Waals surface area contributed by atoms with Crippen LogP contribution in [0.15, 0.2) is 47.2 Å². The van der Waals surface area contributed by atoms with Crippen molar-refractivity contribution in [1.82, 2.24) is 5.32 Å². The first-order valence-electron chi connectivity index (χ1n) is 7.49. The van der Waals surface area contributed by atoms with Gasteiger partial charge in [0.15, 0.2) is 5.41 Å². The molecule has 0 amide bonds. The van der Waals surface area contributed by atoms with E-state index in [-0.39, 0.29) is 22.8 Å². The van der Waals surface area contributed by atoms with E-state index < -0.39 is 17.2 Å². The Hall–Kier alpha value is -3.14. The van der Waals surface area contributed by atoms with Gasteiger partial charge in [-0.25, -0.2) is 4.39 Å². The molecule has 24 heavy (non-hydrogen) atoms. The third kappa shape index (κ3) is 2.00. The van der Waals surface area contributed by atoms with Crippen molar-refractivity contribution in [3.8, 4) is 18.2 Å². The minimum Gasteiger partial charge on any atom is -0.399 e. The maximum absolute atomic E-state index is 14.5. The summed E-state index contributed by atoms with van der Waals surface area (Å²) >= 11 is 0. The number of nitriles is 3. The Balaban J connectivity index is 2.37. The largest absolute Gasteiger partial charge is 0.399 e. The SMILES string of the molecule is N#CC1=C(N)C(C#N)(C#N)[C@@H](c2ccccc2F)[C@@H]2CNCC=C12. The number of nitrogens with one attached hydrogen (secondary N) is 1. The van der Waals surface area contributed by atoms with Crippen molar-refractivity contribution < 1.29 is 4.39 Å². The zero-order valence-electron chi connectivity index (χ0n) is 12.8. The second-order valence-electron chi connectivity index (χ2n) is 5.86. The minimum atomic E-state index is -1.78. The van der Waals surface area contributed by atoms with Crippen LogP contribution in [0.1, 0.15) is 11.5 Å². The topological polar surface area (TPSA) is 109 Å². The zero-order valence-corrected chi connectivity index (χ0v) is 12.8. The van der Waals surface area contributed by atoms with Gasteiger partial charge in [0.25, 0.3) is 0 Å². The molecule has 1 aromatic carbocycles. The first-order valence-corrected chi connectivity index (χ1v) is 7.49. The number of nitrogens with two attached hydrogens (primary N) is 1. The quantitative estimate of drug-likeness (QED) is 0.820. The molecule has 1 aliphatic heterocycles. The molecule has 1 aromatic rings. The molecule has 0 saturated heterocycles. The Kier molecular flexibility index (Phi) is 3.81. The molecule has 0 fully saturated rings. The van der Waals surface area contributed by atoms with E-state index in [1.165, 1.54) is 6.07 Å². The highest BCUT2D eigenvalue weighted by molar-refractivity contribution is 5.59. The van der Waals surface area contributed by atoms with Gasteiger partial charge >= 0.3 is 0 Å². The second kappa shape index (κ2) is 5.81. The summed E-state index contributed by atoms with van der Waals surface area (Å²) in [6, 6.07) is 12.1. The van der Waals surface area contributed by atoms with Crippen LogP contribution in [0.2, 0.25) is 0 Å². The Bertz CT molecular complexity index is 864. The van der Waals surface area contributed by atoms with Crippen molar-refractivity contribution in [2.75, 3.05) is 13.1 Å². The number of hydrogen-bond donors (Lipinski definition) is 2. The lowest BCUT2D eigenvalue weighted by Gasteiger charge is -2.43. The van der Waals surface area contributed by atoms with Gasteiger partial charge in [-0.1, -0.05) is 24.3 Å². The molecule has 0 aromatic heterocycles. The Labute approximate surface area is 139 Å². The van der Waals surface area contributed by atoms with Crippen LogP contribution in [0.3, 0.4) is 0 Å². The first-order chi connectivity index (χ1) is 11.6. The lowest BCUT2D eigenvalue weighted by atomic mass is 9.58. The number of hydrogen-bond acceptors (Lipinski definition) is 5. The van der Waals surface area contributed by atoms with Crippen LogP contribution in [0.4, 0.5) is 4.39 Å². The smallest absolute Gasteiger partial charge is 0.191 e. The number of rotatable bonds is 1. The molecular formula is C18H14FN5. The van der Waals surface area contributed by atoms with E-state index in [4.69, 9.17) is 5.73 Å². The van der Waals surface area contributed by atoms with Gasteiger partial charge in [-0.15, -0.1) is 0 Å². The number of allylic oxidation sites excluding steroid dienone is 2. The average molecular weight is 319 g/mol. The summed E-state index contributed by atoms with van der Waals surface area (Å²) in [4.78, 5) is 0. The minimum absolute atomic E-state index is 0.0901. The number of fused-ring (bicyclic) bond motifs is 1. The van der Waals surface area contributed by atoms with Gasteiger partial charge in [-0.3, -0.25) is 0 Å². The van der Waals surface area contributed by atoms with Crippen molar-refractivity contribution in [1.29, 1.82) is 15.8 Å². The number of halogens is 1. The normalized spacial score (nSPS) is 24.8. The van der Waals surface area contributed by atoms with E-state index in [2.05, 4.69) is 5.32 Å². The summed E-state index contributed by atoms with van der Waals surface area (Å²) in [7, 11) is 0. The highest BCUT2D eigenvalue weighted by atomic mass is 19.1. The Morgan fingerprint density at radius 1 is 1.21 bits per heavy atom. The van der Waals surface area contributed by atoms with Crippen molar-refractivity contribution in [3.05, 3.63) is 58.6 Å². The van der Waals surface area contributed by atoms with E-state index in [0.717, 1.165) is 0 Å². The molecule has 2 atom stereocenters. The summed E-state index contributed by atoms with van der Waals surface area (Å²) in [6.45, 7) is 0.995. The summed E-state index contributed by atoms with van der Waals surface area (Å²) in [5, 5.41) is 32.2. The summed E-state index contributed by atoms with van der Waals surface area (Å²) in [5.41, 5.74) is 5.34. The summed E-state index contributed by atoms with van der Waals surface area (Å²) in [6.07, 6.45) is 1.83. The maximum Gasteiger partial charge on any atom is 0.191 e. The lowest BCUT2D eigenvalue weighted by Crippen LogP contribution is -2.47. The van der Waals surface area contributed by atoms with Crippen molar-refractivity contribution >= 4 is 0 Å². The van der Waals surface area contributed by atoms with Gasteiger partial charge in [0.05, 0.1) is 23.4 Å². The van der Waals surface area contributed by atoms with Crippen LogP contribution < -0.4 is 11.1 Å². The number of benzene rings is 1. The van der Waals surface area contributed by atoms with E-state index >= 15 is 0 Å². The van der Waals surface area contributed by atoms with Gasteiger partial charge in [-0.2, -0.15) is 15.8 Å². The molecule has 5 nitrogen and oxygen atoms in total. The third-order valence-corrected chi connectivity index (χ3v) is 4.79. The highest BCUT2D eigenvalue weighted by Crippen LogP contribution is 2.53. The molecule has 6 heteroatoms. The molecule has 3 rings (SSSR count). The first kappa shape index (κ1) is 15.7. The Morgan fingerprint density at radius 3 is 2.54 bits per heavy atom. The molecule has 0 bridgehead atoms. The van der Waals surface area contributed by atoms with Crippen molar-refractivity contribution in [3.63, 3.8) is 0 Å². The predicted octanol–water partition coefficient (Wildman–Crippen LogP) is 1.84. The Morgan fingerprint density at radius 2 is 1.92 bits per heavy atom. The van der Waals surface area contributed by atoms with Crippen LogP contribution in [0, 0.1) is 51.1 Å². The van der Waals surface area contributed by atoms with E-state index in [9.17, 15) is 20.2 Å². The van der Waals surface area contributed by atoms with Crippen LogP contribution in [-0.4, -0.2) is 13.1 Å². The second-order valence-corrected chi connectivity index (χ2v) is 5.86. The maximum atomic E-state index is 14.5. The molecule has 3 N–H and O–H groups in total. The average Bonchev–Trinajstić information content (AvgIpc) is 2.62. The van der Waals surface area contributed by atoms with Gasteiger partial charge in [-0.05, 0) is 17.2 Å². The van der Waals surface area contributed by atoms with Gasteiger partial charge in [0, 0.05) is 24.9 Å². The van der Waals surface area contributed by atoms with Crippen molar-refractivity contribution in [2.45, 2.75) is 5.92 Å². The molecule has 118 valence electrons. The van der Waals surface area contributed by atoms with Gasteiger partial charge in [0.1, 0.15) is 11.9 Å². The number of nitrogens with zero attached hydrogens (tertiary/aromatic N) is 3. The van der Waals surface area contributed by atoms with Crippen LogP contribution in [-0.2, 0) is 0 Å². The molecule has 2 aliphatic rings. The monoisotopic (exact) mass is 319 g/mol. The van der Waals surface area contributed by atoms with Crippen molar-refractivity contribution in [2.24, 2.45) is 17.1 Å². The third-order valence-electron chi connectivity index (χ3n) is 4.79. The van der Waals surface area contributed by atoms with Crippen LogP contribution in [0.5, 0.6) is 0 Å². The molecule has 1 heterocycles. The standard InChI is InChI=1S/C18H14FN5/c19-15-4-2-1-3-12(15)16-14-8-24-6-5-11(14)13(7-20)17(23)18(16,9-21)10-22/h1-5,14,16,24H,6,8,23H2/t14-,16+/m1/s1. The molecule has 0 radical (unpaired) electrons. The fourth-order valence-corrected chi connectivity index (χ4v) is 3.68. The fourth-order valence-electron chi connectivity index (χ4n) is 3.68. The predicted molar refractivity (Wildman–Crippen MR) is 84.1 cm³/mol. The summed E-state index contributed by atoms with van der Waals surface area (Å²) < 4.78 is 14.5. The molecule has 1 aliphatic carbocycles. The summed E-state index contributed by atoms with van der Waals surface area (Å²) in [5.74, 6) is -1.66.